The van der Waals surface area contributed by atoms with E-state index in [2.05, 4.69) is 37.2 Å². The van der Waals surface area contributed by atoms with Crippen LogP contribution >= 0.6 is 31.9 Å². The van der Waals surface area contributed by atoms with E-state index in [0.29, 0.717) is 12.1 Å². The molecule has 18 heavy (non-hydrogen) atoms. The molecule has 0 fully saturated rings. The maximum atomic E-state index is 11.8. The van der Waals surface area contributed by atoms with Crippen molar-refractivity contribution in [2.24, 2.45) is 0 Å². The van der Waals surface area contributed by atoms with Gasteiger partial charge in [0.05, 0.1) is 5.69 Å². The molecule has 1 aromatic carbocycles. The lowest BCUT2D eigenvalue weighted by molar-refractivity contribution is -0.116. The number of hydrogen-bond acceptors (Lipinski definition) is 2. The first-order valence-electron chi connectivity index (χ1n) is 5.99. The predicted octanol–water partition coefficient (Wildman–Crippen LogP) is 4.40. The summed E-state index contributed by atoms with van der Waals surface area (Å²) in [4.78, 5) is 11.8. The number of nitrogen functional groups attached to an aromatic ring is 1. The topological polar surface area (TPSA) is 55.1 Å². The van der Waals surface area contributed by atoms with Gasteiger partial charge in [-0.3, -0.25) is 4.79 Å². The number of amides is 1. The maximum absolute atomic E-state index is 11.8. The Hall–Kier alpha value is -0.550. The Morgan fingerprint density at radius 2 is 1.89 bits per heavy atom. The molecule has 1 rings (SSSR count). The van der Waals surface area contributed by atoms with Gasteiger partial charge in [-0.05, 0) is 62.8 Å². The fourth-order valence-electron chi connectivity index (χ4n) is 1.84. The van der Waals surface area contributed by atoms with Crippen molar-refractivity contribution in [2.75, 3.05) is 11.1 Å². The number of rotatable bonds is 4. The average molecular weight is 378 g/mol. The first-order chi connectivity index (χ1) is 8.43. The summed E-state index contributed by atoms with van der Waals surface area (Å²) in [6.07, 6.45) is 2.17. The van der Waals surface area contributed by atoms with Crippen LogP contribution in [-0.4, -0.2) is 5.91 Å². The first kappa shape index (κ1) is 15.5. The highest BCUT2D eigenvalue weighted by atomic mass is 79.9. The lowest BCUT2D eigenvalue weighted by Gasteiger charge is -2.18. The number of halogens is 2. The van der Waals surface area contributed by atoms with E-state index in [1.807, 2.05) is 20.8 Å². The molecule has 0 atom stereocenters. The van der Waals surface area contributed by atoms with Gasteiger partial charge in [0.25, 0.3) is 0 Å². The second-order valence-electron chi connectivity index (χ2n) is 4.17. The van der Waals surface area contributed by atoms with Gasteiger partial charge in [0, 0.05) is 21.1 Å². The molecule has 0 bridgehead atoms. The van der Waals surface area contributed by atoms with Gasteiger partial charge in [-0.15, -0.1) is 0 Å². The fourth-order valence-corrected chi connectivity index (χ4v) is 3.18. The molecule has 3 nitrogen and oxygen atoms in total. The molecule has 100 valence electrons. The van der Waals surface area contributed by atoms with Gasteiger partial charge in [0.2, 0.25) is 5.91 Å². The van der Waals surface area contributed by atoms with Crippen molar-refractivity contribution >= 4 is 49.1 Å². The minimum Gasteiger partial charge on any atom is -0.397 e. The molecule has 0 aliphatic rings. The summed E-state index contributed by atoms with van der Waals surface area (Å²) >= 11 is 6.97. The molecule has 0 unspecified atom stereocenters. The number of carbonyl (C=O) groups excluding carboxylic acids is 1. The van der Waals surface area contributed by atoms with Gasteiger partial charge in [-0.2, -0.15) is 0 Å². The number of nitrogens with two attached hydrogens (primary N) is 1. The van der Waals surface area contributed by atoms with Crippen molar-refractivity contribution in [3.63, 3.8) is 0 Å². The Balaban J connectivity index is 3.29. The number of anilines is 2. The fraction of sp³-hybridized carbons (Fsp3) is 0.462. The van der Waals surface area contributed by atoms with Gasteiger partial charge in [-0.25, -0.2) is 0 Å². The molecule has 1 aromatic rings. The Morgan fingerprint density at radius 3 is 2.39 bits per heavy atom. The summed E-state index contributed by atoms with van der Waals surface area (Å²) in [5, 5.41) is 2.99. The third-order valence-electron chi connectivity index (χ3n) is 2.84. The van der Waals surface area contributed by atoms with Crippen LogP contribution in [0.15, 0.2) is 8.95 Å². The third kappa shape index (κ3) is 3.06. The standard InChI is InChI=1S/C13H18Br2N2O/c1-4-6-9(18)17-13-7(3)10(14)12(16)11(15)8(13)5-2/h4-6,16H2,1-3H3,(H,17,18). The van der Waals surface area contributed by atoms with Crippen LogP contribution in [0.1, 0.15) is 37.8 Å². The molecule has 0 spiro atoms. The number of hydrogen-bond donors (Lipinski definition) is 2. The Labute approximate surface area is 125 Å². The summed E-state index contributed by atoms with van der Waals surface area (Å²) in [5.74, 6) is 0.0406. The maximum Gasteiger partial charge on any atom is 0.224 e. The smallest absolute Gasteiger partial charge is 0.224 e. The van der Waals surface area contributed by atoms with E-state index in [4.69, 9.17) is 5.73 Å². The van der Waals surface area contributed by atoms with Gasteiger partial charge in [0.15, 0.2) is 0 Å². The molecule has 0 heterocycles. The van der Waals surface area contributed by atoms with Crippen molar-refractivity contribution in [2.45, 2.75) is 40.0 Å². The van der Waals surface area contributed by atoms with Crippen LogP contribution in [0.3, 0.4) is 0 Å². The van der Waals surface area contributed by atoms with Gasteiger partial charge in [0.1, 0.15) is 0 Å². The molecule has 0 radical (unpaired) electrons. The molecule has 5 heteroatoms. The van der Waals surface area contributed by atoms with E-state index in [1.54, 1.807) is 0 Å². The quantitative estimate of drug-likeness (QED) is 0.763. The van der Waals surface area contributed by atoms with Crippen LogP contribution in [0.25, 0.3) is 0 Å². The van der Waals surface area contributed by atoms with Gasteiger partial charge in [-0.1, -0.05) is 13.8 Å². The summed E-state index contributed by atoms with van der Waals surface area (Å²) in [6, 6.07) is 0. The molecule has 3 N–H and O–H groups in total. The second-order valence-corrected chi connectivity index (χ2v) is 5.76. The van der Waals surface area contributed by atoms with E-state index in [1.165, 1.54) is 0 Å². The average Bonchev–Trinajstić information content (AvgIpc) is 2.34. The van der Waals surface area contributed by atoms with E-state index in [0.717, 1.165) is 38.6 Å². The zero-order valence-electron chi connectivity index (χ0n) is 10.9. The third-order valence-corrected chi connectivity index (χ3v) is 4.77. The highest BCUT2D eigenvalue weighted by Gasteiger charge is 2.17. The molecule has 0 saturated carbocycles. The molecule has 0 aromatic heterocycles. The summed E-state index contributed by atoms with van der Waals surface area (Å²) in [7, 11) is 0. The monoisotopic (exact) mass is 376 g/mol. The zero-order chi connectivity index (χ0) is 13.9. The van der Waals surface area contributed by atoms with E-state index in [-0.39, 0.29) is 5.91 Å². The van der Waals surface area contributed by atoms with Crippen molar-refractivity contribution in [1.82, 2.24) is 0 Å². The lowest BCUT2D eigenvalue weighted by atomic mass is 10.0. The largest absolute Gasteiger partial charge is 0.397 e. The normalized spacial score (nSPS) is 10.5. The molecule has 0 aliphatic carbocycles. The van der Waals surface area contributed by atoms with E-state index >= 15 is 0 Å². The van der Waals surface area contributed by atoms with E-state index < -0.39 is 0 Å². The molecule has 0 aliphatic heterocycles. The lowest BCUT2D eigenvalue weighted by Crippen LogP contribution is -2.14. The number of carbonyl (C=O) groups is 1. The summed E-state index contributed by atoms with van der Waals surface area (Å²) < 4.78 is 1.69. The minimum atomic E-state index is 0.0406. The number of benzene rings is 1. The van der Waals surface area contributed by atoms with Crippen molar-refractivity contribution in [1.29, 1.82) is 0 Å². The van der Waals surface area contributed by atoms with Crippen molar-refractivity contribution in [3.8, 4) is 0 Å². The van der Waals surface area contributed by atoms with Crippen LogP contribution in [0.5, 0.6) is 0 Å². The molecular weight excluding hydrogens is 360 g/mol. The van der Waals surface area contributed by atoms with Crippen LogP contribution in [0, 0.1) is 6.92 Å². The highest BCUT2D eigenvalue weighted by molar-refractivity contribution is 9.11. The van der Waals surface area contributed by atoms with E-state index in [9.17, 15) is 4.79 Å². The van der Waals surface area contributed by atoms with Crippen LogP contribution in [-0.2, 0) is 11.2 Å². The van der Waals surface area contributed by atoms with Crippen molar-refractivity contribution in [3.05, 3.63) is 20.1 Å². The second kappa shape index (κ2) is 6.57. The van der Waals surface area contributed by atoms with Gasteiger partial charge < -0.3 is 11.1 Å². The first-order valence-corrected chi connectivity index (χ1v) is 7.58. The Morgan fingerprint density at radius 1 is 1.28 bits per heavy atom. The highest BCUT2D eigenvalue weighted by Crippen LogP contribution is 2.40. The predicted molar refractivity (Wildman–Crippen MR) is 83.9 cm³/mol. The number of nitrogens with one attached hydrogen (secondary N) is 1. The Kier molecular flexibility index (Phi) is 5.66. The SMILES string of the molecule is CCCC(=O)Nc1c(C)c(Br)c(N)c(Br)c1CC. The van der Waals surface area contributed by atoms with Gasteiger partial charge >= 0.3 is 0 Å². The van der Waals surface area contributed by atoms with Crippen LogP contribution in [0.4, 0.5) is 11.4 Å². The van der Waals surface area contributed by atoms with Crippen LogP contribution < -0.4 is 11.1 Å². The van der Waals surface area contributed by atoms with Crippen LogP contribution in [0.2, 0.25) is 0 Å². The molecule has 0 saturated heterocycles. The molecule has 1 amide bonds. The summed E-state index contributed by atoms with van der Waals surface area (Å²) in [5.41, 5.74) is 9.56. The Bertz CT molecular complexity index is 473. The summed E-state index contributed by atoms with van der Waals surface area (Å²) in [6.45, 7) is 5.98. The zero-order valence-corrected chi connectivity index (χ0v) is 14.0. The van der Waals surface area contributed by atoms with Crippen molar-refractivity contribution < 1.29 is 4.79 Å². The molecular formula is C13H18Br2N2O. The minimum absolute atomic E-state index is 0.0406.